The molecule has 3 aliphatic rings. The number of allylic oxidation sites excluding steroid dienone is 2. The van der Waals surface area contributed by atoms with Gasteiger partial charge in [-0.25, -0.2) is 4.79 Å². The first kappa shape index (κ1) is 16.0. The number of imide groups is 1. The number of piperidine rings is 1. The van der Waals surface area contributed by atoms with Gasteiger partial charge in [-0.3, -0.25) is 14.9 Å². The van der Waals surface area contributed by atoms with Gasteiger partial charge in [0, 0.05) is 13.1 Å². The largest absolute Gasteiger partial charge is 0.341 e. The van der Waals surface area contributed by atoms with E-state index in [1.165, 1.54) is 4.90 Å². The van der Waals surface area contributed by atoms with Gasteiger partial charge in [-0.05, 0) is 51.4 Å². The molecule has 1 unspecified atom stereocenters. The summed E-state index contributed by atoms with van der Waals surface area (Å²) in [4.78, 5) is 39.7. The van der Waals surface area contributed by atoms with Crippen LogP contribution in [0.1, 0.15) is 46.0 Å². The van der Waals surface area contributed by atoms with Crippen LogP contribution in [-0.4, -0.2) is 52.8 Å². The number of urea groups is 1. The molecule has 2 fully saturated rings. The number of rotatable bonds is 2. The Balaban J connectivity index is 1.67. The molecule has 1 spiro atoms. The van der Waals surface area contributed by atoms with Crippen LogP contribution in [0.15, 0.2) is 12.2 Å². The van der Waals surface area contributed by atoms with E-state index in [2.05, 4.69) is 17.5 Å². The minimum atomic E-state index is -0.964. The number of likely N-dealkylation sites (tertiary alicyclic amines) is 1. The van der Waals surface area contributed by atoms with Crippen LogP contribution in [0.2, 0.25) is 0 Å². The zero-order chi connectivity index (χ0) is 16.7. The van der Waals surface area contributed by atoms with E-state index in [9.17, 15) is 14.4 Å². The Morgan fingerprint density at radius 3 is 2.65 bits per heavy atom. The van der Waals surface area contributed by atoms with Gasteiger partial charge in [0.1, 0.15) is 12.1 Å². The Morgan fingerprint density at radius 2 is 2.04 bits per heavy atom. The van der Waals surface area contributed by atoms with Crippen molar-refractivity contribution < 1.29 is 14.4 Å². The Bertz CT molecular complexity index is 569. The second-order valence-corrected chi connectivity index (χ2v) is 7.54. The van der Waals surface area contributed by atoms with Crippen molar-refractivity contribution in [2.24, 2.45) is 5.41 Å². The molecule has 23 heavy (non-hydrogen) atoms. The van der Waals surface area contributed by atoms with E-state index in [1.807, 2.05) is 4.90 Å². The zero-order valence-electron chi connectivity index (χ0n) is 13.9. The van der Waals surface area contributed by atoms with E-state index < -0.39 is 11.6 Å². The van der Waals surface area contributed by atoms with Crippen molar-refractivity contribution in [1.82, 2.24) is 15.1 Å². The van der Waals surface area contributed by atoms with Gasteiger partial charge in [0.25, 0.3) is 5.91 Å². The van der Waals surface area contributed by atoms with Crippen molar-refractivity contribution in [1.29, 1.82) is 0 Å². The molecule has 1 N–H and O–H groups in total. The first-order chi connectivity index (χ1) is 10.8. The molecule has 2 aliphatic heterocycles. The maximum Gasteiger partial charge on any atom is 0.325 e. The highest BCUT2D eigenvalue weighted by Gasteiger charge is 2.47. The highest BCUT2D eigenvalue weighted by atomic mass is 16.2. The molecule has 0 radical (unpaired) electrons. The van der Waals surface area contributed by atoms with Crippen LogP contribution in [0, 0.1) is 5.41 Å². The lowest BCUT2D eigenvalue weighted by Crippen LogP contribution is -2.53. The smallest absolute Gasteiger partial charge is 0.325 e. The Hall–Kier alpha value is -1.85. The Kier molecular flexibility index (Phi) is 3.94. The Labute approximate surface area is 136 Å². The van der Waals surface area contributed by atoms with Crippen molar-refractivity contribution in [2.45, 2.75) is 51.5 Å². The van der Waals surface area contributed by atoms with Gasteiger partial charge in [-0.1, -0.05) is 12.2 Å². The van der Waals surface area contributed by atoms with E-state index in [4.69, 9.17) is 0 Å². The SMILES string of the molecule is CC1(C)C(=O)NC(=O)N1CC(=O)N1CCCC2(CC=CCC2)C1. The first-order valence-electron chi connectivity index (χ1n) is 8.40. The molecule has 0 aromatic heterocycles. The lowest BCUT2D eigenvalue weighted by Gasteiger charge is -2.44. The fraction of sp³-hybridized carbons (Fsp3) is 0.706. The molecule has 1 atom stereocenters. The summed E-state index contributed by atoms with van der Waals surface area (Å²) in [6, 6.07) is -0.472. The van der Waals surface area contributed by atoms with E-state index in [0.717, 1.165) is 45.2 Å². The van der Waals surface area contributed by atoms with Crippen LogP contribution in [0.5, 0.6) is 0 Å². The molecule has 0 saturated carbocycles. The monoisotopic (exact) mass is 319 g/mol. The third-order valence-corrected chi connectivity index (χ3v) is 5.56. The molecular formula is C17H25N3O3. The van der Waals surface area contributed by atoms with Gasteiger partial charge in [-0.15, -0.1) is 0 Å². The first-order valence-corrected chi connectivity index (χ1v) is 8.40. The van der Waals surface area contributed by atoms with Gasteiger partial charge in [-0.2, -0.15) is 0 Å². The minimum absolute atomic E-state index is 0.0313. The zero-order valence-corrected chi connectivity index (χ0v) is 13.9. The van der Waals surface area contributed by atoms with Crippen LogP contribution < -0.4 is 5.32 Å². The van der Waals surface area contributed by atoms with Gasteiger partial charge >= 0.3 is 6.03 Å². The van der Waals surface area contributed by atoms with Gasteiger partial charge in [0.05, 0.1) is 0 Å². The molecule has 2 saturated heterocycles. The predicted molar refractivity (Wildman–Crippen MR) is 85.6 cm³/mol. The third kappa shape index (κ3) is 2.86. The van der Waals surface area contributed by atoms with Crippen molar-refractivity contribution >= 4 is 17.8 Å². The second-order valence-electron chi connectivity index (χ2n) is 7.54. The predicted octanol–water partition coefficient (Wildman–Crippen LogP) is 1.67. The summed E-state index contributed by atoms with van der Waals surface area (Å²) in [6.45, 7) is 4.82. The number of carbonyl (C=O) groups is 3. The van der Waals surface area contributed by atoms with Gasteiger partial charge < -0.3 is 9.80 Å². The third-order valence-electron chi connectivity index (χ3n) is 5.56. The van der Waals surface area contributed by atoms with Crippen molar-refractivity contribution in [3.05, 3.63) is 12.2 Å². The van der Waals surface area contributed by atoms with Crippen LogP contribution in [-0.2, 0) is 9.59 Å². The summed E-state index contributed by atoms with van der Waals surface area (Å²) in [7, 11) is 0. The second kappa shape index (κ2) is 5.65. The number of amides is 4. The normalized spacial score (nSPS) is 30.0. The fourth-order valence-corrected chi connectivity index (χ4v) is 3.93. The van der Waals surface area contributed by atoms with Crippen molar-refractivity contribution in [2.75, 3.05) is 19.6 Å². The summed E-state index contributed by atoms with van der Waals surface area (Å²) >= 11 is 0. The number of hydrogen-bond acceptors (Lipinski definition) is 3. The average Bonchev–Trinajstić information content (AvgIpc) is 2.70. The lowest BCUT2D eigenvalue weighted by atomic mass is 9.71. The highest BCUT2D eigenvalue weighted by molar-refractivity contribution is 6.07. The topological polar surface area (TPSA) is 69.7 Å². The fourth-order valence-electron chi connectivity index (χ4n) is 3.93. The number of nitrogens with one attached hydrogen (secondary N) is 1. The van der Waals surface area contributed by atoms with Crippen molar-refractivity contribution in [3.8, 4) is 0 Å². The molecule has 0 aromatic carbocycles. The summed E-state index contributed by atoms with van der Waals surface area (Å²) in [5, 5.41) is 2.29. The standard InChI is InChI=1S/C17H25N3O3/c1-16(2)14(22)18-15(23)20(16)11-13(21)19-10-6-9-17(12-19)7-4-3-5-8-17/h3-4H,5-12H2,1-2H3,(H,18,22,23). The Morgan fingerprint density at radius 1 is 1.26 bits per heavy atom. The summed E-state index contributed by atoms with van der Waals surface area (Å²) in [5.41, 5.74) is -0.755. The highest BCUT2D eigenvalue weighted by Crippen LogP contribution is 2.40. The molecule has 2 heterocycles. The molecular weight excluding hydrogens is 294 g/mol. The maximum atomic E-state index is 12.7. The maximum absolute atomic E-state index is 12.7. The molecule has 126 valence electrons. The van der Waals surface area contributed by atoms with Crippen LogP contribution in [0.4, 0.5) is 4.79 Å². The van der Waals surface area contributed by atoms with E-state index >= 15 is 0 Å². The van der Waals surface area contributed by atoms with E-state index in [-0.39, 0.29) is 23.8 Å². The van der Waals surface area contributed by atoms with Crippen LogP contribution in [0.3, 0.4) is 0 Å². The molecule has 3 rings (SSSR count). The number of carbonyl (C=O) groups excluding carboxylic acids is 3. The summed E-state index contributed by atoms with van der Waals surface area (Å²) < 4.78 is 0. The van der Waals surface area contributed by atoms with Crippen LogP contribution in [0.25, 0.3) is 0 Å². The molecule has 0 aromatic rings. The number of hydrogen-bond donors (Lipinski definition) is 1. The lowest BCUT2D eigenvalue weighted by molar-refractivity contribution is -0.137. The molecule has 4 amide bonds. The molecule has 1 aliphatic carbocycles. The summed E-state index contributed by atoms with van der Waals surface area (Å²) in [5.74, 6) is -0.403. The summed E-state index contributed by atoms with van der Waals surface area (Å²) in [6.07, 6.45) is 9.86. The van der Waals surface area contributed by atoms with E-state index in [1.54, 1.807) is 13.8 Å². The quantitative estimate of drug-likeness (QED) is 0.622. The van der Waals surface area contributed by atoms with Crippen LogP contribution >= 0.6 is 0 Å². The van der Waals surface area contributed by atoms with E-state index in [0.29, 0.717) is 0 Å². The molecule has 0 bridgehead atoms. The van der Waals surface area contributed by atoms with Gasteiger partial charge in [0.2, 0.25) is 5.91 Å². The minimum Gasteiger partial charge on any atom is -0.341 e. The molecule has 6 nitrogen and oxygen atoms in total. The average molecular weight is 319 g/mol. The number of nitrogens with zero attached hydrogens (tertiary/aromatic N) is 2. The van der Waals surface area contributed by atoms with Crippen molar-refractivity contribution in [3.63, 3.8) is 0 Å². The molecule has 6 heteroatoms. The van der Waals surface area contributed by atoms with Gasteiger partial charge in [0.15, 0.2) is 0 Å².